The van der Waals surface area contributed by atoms with Gasteiger partial charge in [0.15, 0.2) is 15.6 Å². The van der Waals surface area contributed by atoms with E-state index in [9.17, 15) is 16.8 Å². The molecule has 0 N–H and O–H groups in total. The third-order valence-electron chi connectivity index (χ3n) is 2.83. The minimum atomic E-state index is -4.09. The average Bonchev–Trinajstić information content (AvgIpc) is 2.42. The van der Waals surface area contributed by atoms with E-state index in [-0.39, 0.29) is 20.6 Å². The van der Waals surface area contributed by atoms with Crippen molar-refractivity contribution in [2.24, 2.45) is 0 Å². The largest absolute Gasteiger partial charge is 0.377 e. The van der Waals surface area contributed by atoms with E-state index < -0.39 is 20.0 Å². The Kier molecular flexibility index (Phi) is 4.51. The molecular formula is C14H13ClO5S2. The van der Waals surface area contributed by atoms with Crippen LogP contribution in [-0.4, -0.2) is 23.1 Å². The Morgan fingerprint density at radius 2 is 1.45 bits per heavy atom. The number of hydrogen-bond donors (Lipinski definition) is 0. The van der Waals surface area contributed by atoms with Crippen LogP contribution in [0, 0.1) is 6.92 Å². The van der Waals surface area contributed by atoms with Gasteiger partial charge in [-0.05, 0) is 48.9 Å². The highest BCUT2D eigenvalue weighted by Crippen LogP contribution is 2.28. The number of hydrogen-bond acceptors (Lipinski definition) is 5. The monoisotopic (exact) mass is 360 g/mol. The van der Waals surface area contributed by atoms with Crippen molar-refractivity contribution in [3.05, 3.63) is 53.1 Å². The maximum Gasteiger partial charge on any atom is 0.339 e. The van der Waals surface area contributed by atoms with Crippen LogP contribution in [0.5, 0.6) is 5.75 Å². The first-order chi connectivity index (χ1) is 10.1. The van der Waals surface area contributed by atoms with Crippen molar-refractivity contribution in [2.75, 3.05) is 6.26 Å². The van der Waals surface area contributed by atoms with E-state index >= 15 is 0 Å². The summed E-state index contributed by atoms with van der Waals surface area (Å²) in [6.45, 7) is 1.77. The lowest BCUT2D eigenvalue weighted by Gasteiger charge is -2.09. The first-order valence-electron chi connectivity index (χ1n) is 6.10. The highest BCUT2D eigenvalue weighted by atomic mass is 35.5. The molecule has 2 aromatic carbocycles. The lowest BCUT2D eigenvalue weighted by Crippen LogP contribution is -2.10. The molecule has 0 fully saturated rings. The van der Waals surface area contributed by atoms with Gasteiger partial charge in [0.05, 0.1) is 9.92 Å². The van der Waals surface area contributed by atoms with Crippen molar-refractivity contribution < 1.29 is 21.0 Å². The molecule has 0 saturated carbocycles. The Hall–Kier alpha value is -1.57. The van der Waals surface area contributed by atoms with E-state index in [4.69, 9.17) is 15.8 Å². The molecule has 0 aliphatic rings. The molecule has 2 aromatic rings. The fourth-order valence-corrected chi connectivity index (χ4v) is 3.47. The summed E-state index contributed by atoms with van der Waals surface area (Å²) in [4.78, 5) is -0.127. The summed E-state index contributed by atoms with van der Waals surface area (Å²) >= 11 is 5.91. The quantitative estimate of drug-likeness (QED) is 0.783. The SMILES string of the molecule is Cc1ccc(Cl)c(OS(=O)(=O)c2ccc(S(C)(=O)=O)cc2)c1. The molecule has 0 atom stereocenters. The topological polar surface area (TPSA) is 77.5 Å². The van der Waals surface area contributed by atoms with Gasteiger partial charge in [-0.2, -0.15) is 8.42 Å². The van der Waals surface area contributed by atoms with E-state index in [2.05, 4.69) is 0 Å². The van der Waals surface area contributed by atoms with Gasteiger partial charge in [-0.25, -0.2) is 8.42 Å². The molecule has 2 rings (SSSR count). The van der Waals surface area contributed by atoms with Crippen molar-refractivity contribution in [1.82, 2.24) is 0 Å². The Bertz CT molecular complexity index is 901. The van der Waals surface area contributed by atoms with Crippen LogP contribution in [0.1, 0.15) is 5.56 Å². The molecule has 22 heavy (non-hydrogen) atoms. The first kappa shape index (κ1) is 16.8. The number of aryl methyl sites for hydroxylation is 1. The summed E-state index contributed by atoms with van der Waals surface area (Å²) in [5.74, 6) is 0.0221. The molecule has 0 heterocycles. The van der Waals surface area contributed by atoms with E-state index in [1.165, 1.54) is 36.4 Å². The van der Waals surface area contributed by atoms with E-state index in [0.29, 0.717) is 0 Å². The van der Waals surface area contributed by atoms with Crippen molar-refractivity contribution in [3.63, 3.8) is 0 Å². The van der Waals surface area contributed by atoms with E-state index in [0.717, 1.165) is 11.8 Å². The Morgan fingerprint density at radius 1 is 0.909 bits per heavy atom. The van der Waals surface area contributed by atoms with Crippen LogP contribution >= 0.6 is 11.6 Å². The Labute approximate surface area is 134 Å². The molecule has 0 bridgehead atoms. The smallest absolute Gasteiger partial charge is 0.339 e. The summed E-state index contributed by atoms with van der Waals surface area (Å²) in [5, 5.41) is 0.168. The molecule has 0 aromatic heterocycles. The molecule has 0 radical (unpaired) electrons. The van der Waals surface area contributed by atoms with Crippen molar-refractivity contribution >= 4 is 31.6 Å². The third-order valence-corrected chi connectivity index (χ3v) is 5.52. The van der Waals surface area contributed by atoms with Gasteiger partial charge in [0.2, 0.25) is 0 Å². The second-order valence-corrected chi connectivity index (χ2v) is 8.68. The maximum absolute atomic E-state index is 12.2. The van der Waals surface area contributed by atoms with Crippen LogP contribution in [-0.2, 0) is 20.0 Å². The zero-order valence-electron chi connectivity index (χ0n) is 11.8. The minimum Gasteiger partial charge on any atom is -0.377 e. The average molecular weight is 361 g/mol. The summed E-state index contributed by atoms with van der Waals surface area (Å²) in [5.41, 5.74) is 0.794. The highest BCUT2D eigenvalue weighted by Gasteiger charge is 2.19. The highest BCUT2D eigenvalue weighted by molar-refractivity contribution is 7.90. The molecule has 0 amide bonds. The summed E-state index contributed by atoms with van der Waals surface area (Å²) in [6, 6.07) is 9.54. The zero-order chi connectivity index (χ0) is 16.5. The lowest BCUT2D eigenvalue weighted by molar-refractivity contribution is 0.486. The predicted octanol–water partition coefficient (Wildman–Crippen LogP) is 2.82. The third kappa shape index (κ3) is 3.79. The van der Waals surface area contributed by atoms with Crippen molar-refractivity contribution in [3.8, 4) is 5.75 Å². The molecule has 0 spiro atoms. The normalized spacial score (nSPS) is 12.1. The van der Waals surface area contributed by atoms with Gasteiger partial charge in [-0.1, -0.05) is 17.7 Å². The number of sulfone groups is 1. The lowest BCUT2D eigenvalue weighted by atomic mass is 10.2. The zero-order valence-corrected chi connectivity index (χ0v) is 14.2. The van der Waals surface area contributed by atoms with Crippen LogP contribution in [0.15, 0.2) is 52.3 Å². The minimum absolute atomic E-state index is 0.0221. The fraction of sp³-hybridized carbons (Fsp3) is 0.143. The van der Waals surface area contributed by atoms with Crippen molar-refractivity contribution in [2.45, 2.75) is 16.7 Å². The van der Waals surface area contributed by atoms with Gasteiger partial charge < -0.3 is 4.18 Å². The first-order valence-corrected chi connectivity index (χ1v) is 9.78. The van der Waals surface area contributed by atoms with Crippen LogP contribution in [0.2, 0.25) is 5.02 Å². The fourth-order valence-electron chi connectivity index (χ4n) is 1.69. The van der Waals surface area contributed by atoms with Gasteiger partial charge in [0.25, 0.3) is 0 Å². The van der Waals surface area contributed by atoms with Gasteiger partial charge in [-0.15, -0.1) is 0 Å². The summed E-state index contributed by atoms with van der Waals surface area (Å²) in [6.07, 6.45) is 1.04. The second-order valence-electron chi connectivity index (χ2n) is 4.71. The van der Waals surface area contributed by atoms with Crippen LogP contribution in [0.3, 0.4) is 0 Å². The van der Waals surface area contributed by atoms with E-state index in [1.54, 1.807) is 13.0 Å². The molecule has 5 nitrogen and oxygen atoms in total. The predicted molar refractivity (Wildman–Crippen MR) is 83.6 cm³/mol. The van der Waals surface area contributed by atoms with Gasteiger partial charge >= 0.3 is 10.1 Å². The Balaban J connectivity index is 2.37. The molecule has 0 aliphatic carbocycles. The van der Waals surface area contributed by atoms with Gasteiger partial charge in [0.1, 0.15) is 4.90 Å². The summed E-state index contributed by atoms with van der Waals surface area (Å²) in [7, 11) is -7.49. The molecule has 0 saturated heterocycles. The molecule has 118 valence electrons. The second kappa shape index (κ2) is 5.91. The van der Waals surface area contributed by atoms with Gasteiger partial charge in [0, 0.05) is 6.26 Å². The van der Waals surface area contributed by atoms with Crippen LogP contribution < -0.4 is 4.18 Å². The van der Waals surface area contributed by atoms with Crippen LogP contribution in [0.25, 0.3) is 0 Å². The number of benzene rings is 2. The Morgan fingerprint density at radius 3 is 2.00 bits per heavy atom. The molecule has 8 heteroatoms. The van der Waals surface area contributed by atoms with Gasteiger partial charge in [-0.3, -0.25) is 0 Å². The maximum atomic E-state index is 12.2. The standard InChI is InChI=1S/C14H13ClO5S2/c1-10-3-8-13(15)14(9-10)20-22(18,19)12-6-4-11(5-7-12)21(2,16)17/h3-9H,1-2H3. The molecule has 0 unspecified atom stereocenters. The number of rotatable bonds is 4. The van der Waals surface area contributed by atoms with Crippen LogP contribution in [0.4, 0.5) is 0 Å². The summed E-state index contributed by atoms with van der Waals surface area (Å²) < 4.78 is 52.1. The molecular weight excluding hydrogens is 348 g/mol. The van der Waals surface area contributed by atoms with Crippen molar-refractivity contribution in [1.29, 1.82) is 0 Å². The molecule has 0 aliphatic heterocycles. The van der Waals surface area contributed by atoms with E-state index in [1.807, 2.05) is 0 Å². The number of halogens is 1.